The van der Waals surface area contributed by atoms with Gasteiger partial charge in [0.2, 0.25) is 5.88 Å². The molecule has 4 nitrogen and oxygen atoms in total. The molecular formula is C15H11F4NO3. The van der Waals surface area contributed by atoms with Crippen molar-refractivity contribution in [2.24, 2.45) is 0 Å². The normalized spacial score (nSPS) is 11.4. The second-order valence-electron chi connectivity index (χ2n) is 4.79. The molecule has 1 N–H and O–H groups in total. The van der Waals surface area contributed by atoms with Crippen LogP contribution in [0.4, 0.5) is 17.6 Å². The van der Waals surface area contributed by atoms with Crippen LogP contribution in [0.3, 0.4) is 0 Å². The van der Waals surface area contributed by atoms with Crippen LogP contribution in [0.5, 0.6) is 11.6 Å². The number of carbonyl (C=O) groups is 1. The van der Waals surface area contributed by atoms with E-state index in [9.17, 15) is 27.5 Å². The third-order valence-corrected chi connectivity index (χ3v) is 3.17. The Bertz CT molecular complexity index is 772. The summed E-state index contributed by atoms with van der Waals surface area (Å²) in [5, 5.41) is 9.18. The molecule has 0 fully saturated rings. The van der Waals surface area contributed by atoms with E-state index in [1.165, 1.54) is 13.0 Å². The Labute approximate surface area is 128 Å². The first-order chi connectivity index (χ1) is 10.6. The summed E-state index contributed by atoms with van der Waals surface area (Å²) >= 11 is 0. The van der Waals surface area contributed by atoms with Crippen molar-refractivity contribution in [2.45, 2.75) is 20.0 Å². The lowest BCUT2D eigenvalue weighted by molar-refractivity contribution is -0.138. The number of halogens is 4. The number of aromatic carboxylic acids is 1. The van der Waals surface area contributed by atoms with Gasteiger partial charge in [-0.1, -0.05) is 0 Å². The Morgan fingerprint density at radius 2 is 1.91 bits per heavy atom. The van der Waals surface area contributed by atoms with E-state index < -0.39 is 40.5 Å². The van der Waals surface area contributed by atoms with Crippen molar-refractivity contribution in [3.05, 3.63) is 52.5 Å². The first kappa shape index (κ1) is 16.7. The Morgan fingerprint density at radius 3 is 2.43 bits per heavy atom. The molecule has 0 amide bonds. The van der Waals surface area contributed by atoms with Crippen LogP contribution in [0.2, 0.25) is 0 Å². The smallest absolute Gasteiger partial charge is 0.418 e. The quantitative estimate of drug-likeness (QED) is 0.851. The van der Waals surface area contributed by atoms with Crippen molar-refractivity contribution in [2.75, 3.05) is 0 Å². The van der Waals surface area contributed by atoms with Gasteiger partial charge in [0.15, 0.2) is 0 Å². The molecule has 1 heterocycles. The van der Waals surface area contributed by atoms with Crippen LogP contribution in [0.1, 0.15) is 27.0 Å². The highest BCUT2D eigenvalue weighted by atomic mass is 19.4. The van der Waals surface area contributed by atoms with Crippen molar-refractivity contribution < 1.29 is 32.2 Å². The first-order valence-corrected chi connectivity index (χ1v) is 6.35. The summed E-state index contributed by atoms with van der Waals surface area (Å²) in [6, 6.07) is 3.47. The van der Waals surface area contributed by atoms with Crippen molar-refractivity contribution in [3.63, 3.8) is 0 Å². The lowest BCUT2D eigenvalue weighted by Gasteiger charge is -2.15. The lowest BCUT2D eigenvalue weighted by Crippen LogP contribution is -2.14. The topological polar surface area (TPSA) is 59.4 Å². The van der Waals surface area contributed by atoms with Gasteiger partial charge in [0.05, 0.1) is 5.56 Å². The molecule has 0 aliphatic heterocycles. The summed E-state index contributed by atoms with van der Waals surface area (Å²) in [4.78, 5) is 14.8. The molecule has 0 saturated carbocycles. The summed E-state index contributed by atoms with van der Waals surface area (Å²) in [6.07, 6.45) is -4.22. The van der Waals surface area contributed by atoms with Crippen molar-refractivity contribution in [3.8, 4) is 11.6 Å². The van der Waals surface area contributed by atoms with Crippen LogP contribution in [0, 0.1) is 19.7 Å². The van der Waals surface area contributed by atoms with Crippen molar-refractivity contribution >= 4 is 5.97 Å². The summed E-state index contributed by atoms with van der Waals surface area (Å²) in [7, 11) is 0. The molecular weight excluding hydrogens is 318 g/mol. The van der Waals surface area contributed by atoms with Crippen LogP contribution >= 0.6 is 0 Å². The number of ether oxygens (including phenoxy) is 1. The predicted molar refractivity (Wildman–Crippen MR) is 72.1 cm³/mol. The second kappa shape index (κ2) is 5.86. The van der Waals surface area contributed by atoms with Crippen LogP contribution in [0.15, 0.2) is 24.4 Å². The van der Waals surface area contributed by atoms with Crippen molar-refractivity contribution in [1.29, 1.82) is 0 Å². The largest absolute Gasteiger partial charge is 0.477 e. The number of alkyl halides is 3. The Kier molecular flexibility index (Phi) is 4.26. The fraction of sp³-hybridized carbons (Fsp3) is 0.200. The van der Waals surface area contributed by atoms with Crippen molar-refractivity contribution in [1.82, 2.24) is 4.98 Å². The molecule has 23 heavy (non-hydrogen) atoms. The summed E-state index contributed by atoms with van der Waals surface area (Å²) in [6.45, 7) is 2.54. The number of nitrogens with zero attached hydrogens (tertiary/aromatic N) is 1. The van der Waals surface area contributed by atoms with Crippen LogP contribution in [-0.2, 0) is 6.18 Å². The summed E-state index contributed by atoms with van der Waals surface area (Å²) in [5.74, 6) is -2.51. The fourth-order valence-electron chi connectivity index (χ4n) is 2.03. The van der Waals surface area contributed by atoms with Crippen LogP contribution < -0.4 is 4.74 Å². The molecule has 0 aliphatic rings. The number of benzene rings is 1. The summed E-state index contributed by atoms with van der Waals surface area (Å²) < 4.78 is 56.9. The Balaban J connectivity index is 2.55. The molecule has 0 bridgehead atoms. The molecule has 0 unspecified atom stereocenters. The SMILES string of the molecule is Cc1cc(F)ccc1Oc1ncc(C(F)(F)F)c(C)c1C(=O)O. The molecule has 0 spiro atoms. The predicted octanol–water partition coefficient (Wildman–Crippen LogP) is 4.35. The molecule has 2 rings (SSSR count). The Hall–Kier alpha value is -2.64. The standard InChI is InChI=1S/C15H11F4NO3/c1-7-5-9(16)3-4-11(7)23-13-12(14(21)22)8(2)10(6-20-13)15(17,18)19/h3-6H,1-2H3,(H,21,22). The zero-order valence-electron chi connectivity index (χ0n) is 12.0. The van der Waals surface area contributed by atoms with Gasteiger partial charge in [-0.15, -0.1) is 0 Å². The van der Waals surface area contributed by atoms with E-state index in [0.717, 1.165) is 19.1 Å². The fourth-order valence-corrected chi connectivity index (χ4v) is 2.03. The molecule has 1 aromatic carbocycles. The Morgan fingerprint density at radius 1 is 1.26 bits per heavy atom. The number of aromatic nitrogens is 1. The highest BCUT2D eigenvalue weighted by Gasteiger charge is 2.36. The average Bonchev–Trinajstić information content (AvgIpc) is 2.40. The molecule has 8 heteroatoms. The minimum atomic E-state index is -4.73. The molecule has 1 aromatic heterocycles. The number of hydrogen-bond acceptors (Lipinski definition) is 3. The molecule has 2 aromatic rings. The van der Waals surface area contributed by atoms with Gasteiger partial charge in [-0.3, -0.25) is 0 Å². The minimum absolute atomic E-state index is 0.0977. The number of rotatable bonds is 3. The van der Waals surface area contributed by atoms with Gasteiger partial charge in [0.1, 0.15) is 17.1 Å². The van der Waals surface area contributed by atoms with Gasteiger partial charge in [0, 0.05) is 6.20 Å². The van der Waals surface area contributed by atoms with E-state index in [4.69, 9.17) is 4.74 Å². The molecule has 122 valence electrons. The third kappa shape index (κ3) is 3.41. The molecule has 0 radical (unpaired) electrons. The zero-order valence-corrected chi connectivity index (χ0v) is 12.0. The maximum Gasteiger partial charge on any atom is 0.418 e. The van der Waals surface area contributed by atoms with Crippen LogP contribution in [0.25, 0.3) is 0 Å². The highest BCUT2D eigenvalue weighted by molar-refractivity contribution is 5.92. The minimum Gasteiger partial charge on any atom is -0.477 e. The highest BCUT2D eigenvalue weighted by Crippen LogP contribution is 2.36. The van der Waals surface area contributed by atoms with Gasteiger partial charge in [-0.2, -0.15) is 13.2 Å². The first-order valence-electron chi connectivity index (χ1n) is 6.35. The van der Waals surface area contributed by atoms with E-state index in [-0.39, 0.29) is 5.75 Å². The number of hydrogen-bond donors (Lipinski definition) is 1. The third-order valence-electron chi connectivity index (χ3n) is 3.17. The number of carboxylic acids is 1. The van der Waals surface area contributed by atoms with Gasteiger partial charge < -0.3 is 9.84 Å². The van der Waals surface area contributed by atoms with E-state index in [2.05, 4.69) is 4.98 Å². The van der Waals surface area contributed by atoms with E-state index >= 15 is 0 Å². The van der Waals surface area contributed by atoms with Crippen LogP contribution in [-0.4, -0.2) is 16.1 Å². The lowest BCUT2D eigenvalue weighted by atomic mass is 10.1. The molecule has 0 atom stereocenters. The molecule has 0 aliphatic carbocycles. The van der Waals surface area contributed by atoms with E-state index in [1.807, 2.05) is 0 Å². The molecule has 0 saturated heterocycles. The second-order valence-corrected chi connectivity index (χ2v) is 4.79. The maximum atomic E-state index is 13.1. The van der Waals surface area contributed by atoms with Gasteiger partial charge in [-0.25, -0.2) is 14.2 Å². The van der Waals surface area contributed by atoms with E-state index in [0.29, 0.717) is 11.8 Å². The van der Waals surface area contributed by atoms with Gasteiger partial charge >= 0.3 is 12.1 Å². The van der Waals surface area contributed by atoms with Gasteiger partial charge in [-0.05, 0) is 43.2 Å². The zero-order chi connectivity index (χ0) is 17.4. The average molecular weight is 329 g/mol. The summed E-state index contributed by atoms with van der Waals surface area (Å²) in [5.41, 5.74) is -2.00. The number of pyridine rings is 1. The maximum absolute atomic E-state index is 13.1. The van der Waals surface area contributed by atoms with E-state index in [1.54, 1.807) is 0 Å². The van der Waals surface area contributed by atoms with Gasteiger partial charge in [0.25, 0.3) is 0 Å². The number of aryl methyl sites for hydroxylation is 1. The monoisotopic (exact) mass is 329 g/mol. The number of carboxylic acid groups (broad SMARTS) is 1.